The molecule has 7 heteroatoms. The number of pyridine rings is 1. The summed E-state index contributed by atoms with van der Waals surface area (Å²) in [6, 6.07) is 9.51. The predicted molar refractivity (Wildman–Crippen MR) is 106 cm³/mol. The summed E-state index contributed by atoms with van der Waals surface area (Å²) in [7, 11) is 0. The molecule has 148 valence electrons. The van der Waals surface area contributed by atoms with Gasteiger partial charge in [-0.2, -0.15) is 0 Å². The molecule has 1 fully saturated rings. The molecule has 0 aliphatic carbocycles. The number of halogens is 1. The van der Waals surface area contributed by atoms with Crippen molar-refractivity contribution in [2.24, 2.45) is 5.92 Å². The third-order valence-electron chi connectivity index (χ3n) is 5.03. The molecule has 3 rings (SSSR count). The Morgan fingerprint density at radius 1 is 1.14 bits per heavy atom. The van der Waals surface area contributed by atoms with E-state index in [1.54, 1.807) is 40.3 Å². The first-order valence-electron chi connectivity index (χ1n) is 9.59. The molecule has 28 heavy (non-hydrogen) atoms. The van der Waals surface area contributed by atoms with Gasteiger partial charge < -0.3 is 10.2 Å². The highest BCUT2D eigenvalue weighted by atomic mass is 19.1. The summed E-state index contributed by atoms with van der Waals surface area (Å²) in [4.78, 5) is 32.5. The van der Waals surface area contributed by atoms with Gasteiger partial charge >= 0.3 is 6.03 Å². The number of hydrogen-bond donors (Lipinski definition) is 1. The highest BCUT2D eigenvalue weighted by Crippen LogP contribution is 2.22. The minimum Gasteiger partial charge on any atom is -0.324 e. The van der Waals surface area contributed by atoms with Crippen LogP contribution in [0.2, 0.25) is 0 Å². The molecule has 3 amide bonds. The number of amides is 3. The van der Waals surface area contributed by atoms with Gasteiger partial charge in [-0.3, -0.25) is 9.69 Å². The van der Waals surface area contributed by atoms with E-state index in [9.17, 15) is 14.0 Å². The number of nitrogens with zero attached hydrogens (tertiary/aromatic N) is 3. The highest BCUT2D eigenvalue weighted by Gasteiger charge is 2.30. The third-order valence-corrected chi connectivity index (χ3v) is 5.03. The van der Waals surface area contributed by atoms with Crippen molar-refractivity contribution in [2.45, 2.75) is 33.2 Å². The summed E-state index contributed by atoms with van der Waals surface area (Å²) in [5.41, 5.74) is 1.50. The number of urea groups is 1. The number of carbonyl (C=O) groups excluding carboxylic acids is 2. The summed E-state index contributed by atoms with van der Waals surface area (Å²) in [6.45, 7) is 5.52. The molecule has 1 aromatic carbocycles. The van der Waals surface area contributed by atoms with Crippen molar-refractivity contribution >= 4 is 23.4 Å². The van der Waals surface area contributed by atoms with E-state index in [-0.39, 0.29) is 23.7 Å². The van der Waals surface area contributed by atoms with Crippen molar-refractivity contribution in [3.63, 3.8) is 0 Å². The molecule has 1 aliphatic rings. The Hall–Kier alpha value is -2.96. The van der Waals surface area contributed by atoms with Gasteiger partial charge in [0.05, 0.1) is 11.9 Å². The lowest BCUT2D eigenvalue weighted by molar-refractivity contribution is -0.120. The van der Waals surface area contributed by atoms with E-state index < -0.39 is 0 Å². The normalized spacial score (nSPS) is 14.1. The van der Waals surface area contributed by atoms with Crippen molar-refractivity contribution in [1.29, 1.82) is 0 Å². The fourth-order valence-electron chi connectivity index (χ4n) is 3.28. The van der Waals surface area contributed by atoms with Crippen molar-refractivity contribution in [1.82, 2.24) is 9.88 Å². The molecule has 2 aromatic rings. The van der Waals surface area contributed by atoms with Crippen LogP contribution in [0.3, 0.4) is 0 Å². The molecule has 0 spiro atoms. The zero-order valence-corrected chi connectivity index (χ0v) is 16.2. The fourth-order valence-corrected chi connectivity index (χ4v) is 3.28. The van der Waals surface area contributed by atoms with E-state index in [0.29, 0.717) is 31.1 Å². The molecule has 0 radical (unpaired) electrons. The van der Waals surface area contributed by atoms with Gasteiger partial charge in [-0.15, -0.1) is 0 Å². The van der Waals surface area contributed by atoms with E-state index in [2.05, 4.69) is 10.3 Å². The summed E-state index contributed by atoms with van der Waals surface area (Å²) >= 11 is 0. The zero-order valence-electron chi connectivity index (χ0n) is 16.2. The van der Waals surface area contributed by atoms with Gasteiger partial charge in [0.25, 0.3) is 0 Å². The van der Waals surface area contributed by atoms with E-state index in [1.807, 2.05) is 13.8 Å². The molecular formula is C21H25FN4O2. The van der Waals surface area contributed by atoms with Crippen LogP contribution in [0.4, 0.5) is 20.7 Å². The largest absolute Gasteiger partial charge is 0.326 e. The molecular weight excluding hydrogens is 359 g/mol. The first-order chi connectivity index (χ1) is 13.5. The summed E-state index contributed by atoms with van der Waals surface area (Å²) in [5, 5.41) is 2.87. The van der Waals surface area contributed by atoms with Crippen LogP contribution in [-0.2, 0) is 11.3 Å². The van der Waals surface area contributed by atoms with Gasteiger partial charge in [-0.1, -0.05) is 26.0 Å². The van der Waals surface area contributed by atoms with Crippen molar-refractivity contribution in [2.75, 3.05) is 23.3 Å². The zero-order chi connectivity index (χ0) is 20.1. The molecule has 0 unspecified atom stereocenters. The number of rotatable bonds is 7. The van der Waals surface area contributed by atoms with Gasteiger partial charge in [-0.05, 0) is 42.7 Å². The number of carbonyl (C=O) groups is 2. The Balaban J connectivity index is 1.62. The topological polar surface area (TPSA) is 65.5 Å². The molecule has 0 bridgehead atoms. The van der Waals surface area contributed by atoms with Gasteiger partial charge in [0.2, 0.25) is 5.91 Å². The van der Waals surface area contributed by atoms with Gasteiger partial charge in [0.1, 0.15) is 11.6 Å². The minimum absolute atomic E-state index is 0.0118. The second-order valence-corrected chi connectivity index (χ2v) is 6.89. The standard InChI is InChI=1S/C21H25FN4O2/c1-3-16(4-2)20(27)24-18-9-10-19(23-13-18)26-12-11-25(21(26)28)14-15-5-7-17(22)8-6-15/h5-10,13,16H,3-4,11-12,14H2,1-2H3,(H,24,27). The molecule has 0 atom stereocenters. The maximum atomic E-state index is 13.0. The minimum atomic E-state index is -0.293. The van der Waals surface area contributed by atoms with Crippen molar-refractivity contribution < 1.29 is 14.0 Å². The first kappa shape index (κ1) is 19.8. The molecule has 1 aromatic heterocycles. The maximum Gasteiger partial charge on any atom is 0.326 e. The quantitative estimate of drug-likeness (QED) is 0.784. The number of nitrogens with one attached hydrogen (secondary N) is 1. The summed E-state index contributed by atoms with van der Waals surface area (Å²) in [6.07, 6.45) is 3.16. The first-order valence-corrected chi connectivity index (χ1v) is 9.59. The number of benzene rings is 1. The number of hydrogen-bond acceptors (Lipinski definition) is 3. The van der Waals surface area contributed by atoms with Crippen LogP contribution >= 0.6 is 0 Å². The van der Waals surface area contributed by atoms with E-state index in [1.165, 1.54) is 12.1 Å². The van der Waals surface area contributed by atoms with Crippen LogP contribution in [0.25, 0.3) is 0 Å². The van der Waals surface area contributed by atoms with Crippen LogP contribution < -0.4 is 10.2 Å². The Kier molecular flexibility index (Phi) is 6.23. The third kappa shape index (κ3) is 4.47. The van der Waals surface area contributed by atoms with E-state index in [0.717, 1.165) is 18.4 Å². The second-order valence-electron chi connectivity index (χ2n) is 6.89. The van der Waals surface area contributed by atoms with Gasteiger partial charge in [0.15, 0.2) is 0 Å². The smallest absolute Gasteiger partial charge is 0.324 e. The fraction of sp³-hybridized carbons (Fsp3) is 0.381. The molecule has 1 aliphatic heterocycles. The summed E-state index contributed by atoms with van der Waals surface area (Å²) in [5.74, 6) is 0.230. The molecule has 2 heterocycles. The van der Waals surface area contributed by atoms with Crippen LogP contribution in [0.5, 0.6) is 0 Å². The maximum absolute atomic E-state index is 13.0. The Bertz CT molecular complexity index is 819. The van der Waals surface area contributed by atoms with Crippen molar-refractivity contribution in [3.05, 3.63) is 54.0 Å². The lowest BCUT2D eigenvalue weighted by atomic mass is 10.0. The molecule has 0 saturated carbocycles. The van der Waals surface area contributed by atoms with Crippen LogP contribution in [-0.4, -0.2) is 34.9 Å². The van der Waals surface area contributed by atoms with E-state index >= 15 is 0 Å². The lowest BCUT2D eigenvalue weighted by Gasteiger charge is -2.18. The Morgan fingerprint density at radius 3 is 2.46 bits per heavy atom. The van der Waals surface area contributed by atoms with Crippen LogP contribution in [0, 0.1) is 11.7 Å². The molecule has 1 saturated heterocycles. The number of anilines is 2. The highest BCUT2D eigenvalue weighted by molar-refractivity contribution is 5.94. The Morgan fingerprint density at radius 2 is 1.86 bits per heavy atom. The number of aromatic nitrogens is 1. The monoisotopic (exact) mass is 384 g/mol. The van der Waals surface area contributed by atoms with Crippen LogP contribution in [0.1, 0.15) is 32.3 Å². The Labute approximate surface area is 164 Å². The van der Waals surface area contributed by atoms with Crippen molar-refractivity contribution in [3.8, 4) is 0 Å². The van der Waals surface area contributed by atoms with Gasteiger partial charge in [0, 0.05) is 25.6 Å². The average Bonchev–Trinajstić information content (AvgIpc) is 3.05. The predicted octanol–water partition coefficient (Wildman–Crippen LogP) is 4.04. The lowest BCUT2D eigenvalue weighted by Crippen LogP contribution is -2.32. The van der Waals surface area contributed by atoms with Gasteiger partial charge in [-0.25, -0.2) is 14.2 Å². The van der Waals surface area contributed by atoms with Crippen LogP contribution in [0.15, 0.2) is 42.6 Å². The van der Waals surface area contributed by atoms with E-state index in [4.69, 9.17) is 0 Å². The molecule has 6 nitrogen and oxygen atoms in total. The summed E-state index contributed by atoms with van der Waals surface area (Å²) < 4.78 is 13.0. The average molecular weight is 384 g/mol. The SMILES string of the molecule is CCC(CC)C(=O)Nc1ccc(N2CCN(Cc3ccc(F)cc3)C2=O)nc1. The molecule has 1 N–H and O–H groups in total. The second kappa shape index (κ2) is 8.82.